The molecule has 1 aromatic heterocycles. The summed E-state index contributed by atoms with van der Waals surface area (Å²) in [5, 5.41) is 0.166. The Bertz CT molecular complexity index is 744. The molecule has 2 rings (SSSR count). The fourth-order valence-corrected chi connectivity index (χ4v) is 2.37. The Morgan fingerprint density at radius 3 is 2.60 bits per heavy atom. The van der Waals surface area contributed by atoms with E-state index in [0.29, 0.717) is 0 Å². The number of benzene rings is 1. The van der Waals surface area contributed by atoms with E-state index in [4.69, 9.17) is 21.5 Å². The largest absolute Gasteiger partial charge is 0.379 e. The van der Waals surface area contributed by atoms with Gasteiger partial charge < -0.3 is 9.92 Å². The van der Waals surface area contributed by atoms with Crippen molar-refractivity contribution in [3.63, 3.8) is 0 Å². The van der Waals surface area contributed by atoms with Crippen LogP contribution in [0.25, 0.3) is 0 Å². The Morgan fingerprint density at radius 1 is 1.25 bits per heavy atom. The first-order valence-corrected chi connectivity index (χ1v) is 7.13. The Kier molecular flexibility index (Phi) is 3.91. The molecule has 6 nitrogen and oxygen atoms in total. The van der Waals surface area contributed by atoms with E-state index in [1.54, 1.807) is 0 Å². The van der Waals surface area contributed by atoms with Crippen molar-refractivity contribution in [2.24, 2.45) is 5.73 Å². The minimum Gasteiger partial charge on any atom is -0.379 e. The molecule has 0 aliphatic carbocycles. The van der Waals surface area contributed by atoms with Gasteiger partial charge in [-0.15, -0.1) is 0 Å². The Hall–Kier alpha value is -2.12. The molecule has 0 radical (unpaired) electrons. The second kappa shape index (κ2) is 5.48. The fraction of sp³-hybridized carbons (Fsp3) is 0. The molecule has 0 saturated carbocycles. The van der Waals surface area contributed by atoms with Gasteiger partial charge in [0.05, 0.1) is 6.20 Å². The molecule has 0 aliphatic rings. The summed E-state index contributed by atoms with van der Waals surface area (Å²) in [5.74, 6) is -0.697. The molecule has 0 fully saturated rings. The van der Waals surface area contributed by atoms with Gasteiger partial charge in [-0.3, -0.25) is 4.79 Å². The van der Waals surface area contributed by atoms with E-state index >= 15 is 0 Å². The van der Waals surface area contributed by atoms with Gasteiger partial charge in [-0.2, -0.15) is 8.42 Å². The minimum atomic E-state index is -4.05. The molecule has 2 N–H and O–H groups in total. The van der Waals surface area contributed by atoms with E-state index in [9.17, 15) is 13.2 Å². The van der Waals surface area contributed by atoms with E-state index in [0.717, 1.165) is 6.20 Å². The summed E-state index contributed by atoms with van der Waals surface area (Å²) in [7, 11) is -4.05. The highest BCUT2D eigenvalue weighted by atomic mass is 35.5. The van der Waals surface area contributed by atoms with Gasteiger partial charge in [0.1, 0.15) is 15.8 Å². The zero-order valence-electron chi connectivity index (χ0n) is 9.99. The maximum absolute atomic E-state index is 12.0. The molecular weight excluding hydrogens is 304 g/mol. The molecule has 1 aromatic carbocycles. The number of nitrogens with zero attached hydrogens (tertiary/aromatic N) is 1. The molecule has 0 atom stereocenters. The average molecular weight is 313 g/mol. The van der Waals surface area contributed by atoms with Crippen LogP contribution >= 0.6 is 11.6 Å². The maximum Gasteiger partial charge on any atom is 0.340 e. The van der Waals surface area contributed by atoms with E-state index in [2.05, 4.69) is 4.98 Å². The van der Waals surface area contributed by atoms with Crippen LogP contribution in [-0.4, -0.2) is 19.3 Å². The average Bonchev–Trinajstić information content (AvgIpc) is 2.39. The van der Waals surface area contributed by atoms with Crippen LogP contribution in [0.2, 0.25) is 5.15 Å². The number of nitrogens with two attached hydrogens (primary N) is 1. The Morgan fingerprint density at radius 2 is 2.00 bits per heavy atom. The first kappa shape index (κ1) is 14.3. The third-order valence-corrected chi connectivity index (χ3v) is 3.77. The summed E-state index contributed by atoms with van der Waals surface area (Å²) >= 11 is 5.58. The van der Waals surface area contributed by atoms with Crippen molar-refractivity contribution in [1.82, 2.24) is 4.98 Å². The predicted octanol–water partition coefficient (Wildman–Crippen LogP) is 1.60. The predicted molar refractivity (Wildman–Crippen MR) is 72.0 cm³/mol. The minimum absolute atomic E-state index is 0.0174. The monoisotopic (exact) mass is 312 g/mol. The lowest BCUT2D eigenvalue weighted by Crippen LogP contribution is -2.13. The van der Waals surface area contributed by atoms with Crippen molar-refractivity contribution in [2.75, 3.05) is 0 Å². The highest BCUT2D eigenvalue weighted by molar-refractivity contribution is 7.87. The smallest absolute Gasteiger partial charge is 0.340 e. The van der Waals surface area contributed by atoms with E-state index in [1.165, 1.54) is 36.4 Å². The van der Waals surface area contributed by atoms with Crippen LogP contribution in [0.15, 0.2) is 47.5 Å². The van der Waals surface area contributed by atoms with Crippen molar-refractivity contribution in [2.45, 2.75) is 4.90 Å². The zero-order chi connectivity index (χ0) is 14.8. The number of hydrogen-bond donors (Lipinski definition) is 1. The number of halogens is 1. The number of hydrogen-bond acceptors (Lipinski definition) is 5. The van der Waals surface area contributed by atoms with Gasteiger partial charge in [0, 0.05) is 5.56 Å². The van der Waals surface area contributed by atoms with Crippen LogP contribution in [0.4, 0.5) is 0 Å². The molecule has 0 spiro atoms. The molecule has 0 saturated heterocycles. The van der Waals surface area contributed by atoms with Gasteiger partial charge in [0.15, 0.2) is 0 Å². The van der Waals surface area contributed by atoms with Gasteiger partial charge in [-0.05, 0) is 30.3 Å². The number of rotatable bonds is 4. The molecule has 0 aliphatic heterocycles. The summed E-state index contributed by atoms with van der Waals surface area (Å²) < 4.78 is 28.8. The van der Waals surface area contributed by atoms with Gasteiger partial charge in [-0.25, -0.2) is 4.98 Å². The van der Waals surface area contributed by atoms with Gasteiger partial charge >= 0.3 is 10.1 Å². The topological polar surface area (TPSA) is 99.4 Å². The van der Waals surface area contributed by atoms with E-state index < -0.39 is 16.0 Å². The number of carbonyl (C=O) groups is 1. The molecule has 8 heteroatoms. The summed E-state index contributed by atoms with van der Waals surface area (Å²) in [6.07, 6.45) is 1.08. The second-order valence-electron chi connectivity index (χ2n) is 3.75. The van der Waals surface area contributed by atoms with Gasteiger partial charge in [-0.1, -0.05) is 17.7 Å². The first-order chi connectivity index (χ1) is 9.38. The Balaban J connectivity index is 2.31. The van der Waals surface area contributed by atoms with Crippen LogP contribution in [0, 0.1) is 0 Å². The molecule has 104 valence electrons. The van der Waals surface area contributed by atoms with E-state index in [-0.39, 0.29) is 21.4 Å². The standard InChI is InChI=1S/C12H9ClN2O4S/c13-11-5-4-10(7-15-11)20(17,18)19-9-3-1-2-8(6-9)12(14)16/h1-7H,(H2,14,16). The van der Waals surface area contributed by atoms with Crippen LogP contribution in [-0.2, 0) is 10.1 Å². The van der Waals surface area contributed by atoms with Crippen LogP contribution in [0.1, 0.15) is 10.4 Å². The lowest BCUT2D eigenvalue weighted by molar-refractivity contribution is 0.1000. The summed E-state index contributed by atoms with van der Waals surface area (Å²) in [6, 6.07) is 8.15. The Labute approximate surface area is 120 Å². The maximum atomic E-state index is 12.0. The number of primary amides is 1. The van der Waals surface area contributed by atoms with Crippen LogP contribution < -0.4 is 9.92 Å². The van der Waals surface area contributed by atoms with E-state index in [1.807, 2.05) is 0 Å². The number of pyridine rings is 1. The van der Waals surface area contributed by atoms with Crippen molar-refractivity contribution in [1.29, 1.82) is 0 Å². The summed E-state index contributed by atoms with van der Waals surface area (Å²) in [5.41, 5.74) is 5.25. The SMILES string of the molecule is NC(=O)c1cccc(OS(=O)(=O)c2ccc(Cl)nc2)c1. The number of carbonyl (C=O) groups excluding carboxylic acids is 1. The lowest BCUT2D eigenvalue weighted by Gasteiger charge is -2.07. The highest BCUT2D eigenvalue weighted by Gasteiger charge is 2.17. The van der Waals surface area contributed by atoms with Gasteiger partial charge in [0.2, 0.25) is 5.91 Å². The fourth-order valence-electron chi connectivity index (χ4n) is 1.39. The molecular formula is C12H9ClN2O4S. The molecule has 0 unspecified atom stereocenters. The summed E-state index contributed by atoms with van der Waals surface area (Å²) in [6.45, 7) is 0. The molecule has 1 amide bonds. The summed E-state index contributed by atoms with van der Waals surface area (Å²) in [4.78, 5) is 14.5. The van der Waals surface area contributed by atoms with Crippen LogP contribution in [0.5, 0.6) is 5.75 Å². The van der Waals surface area contributed by atoms with Crippen LogP contribution in [0.3, 0.4) is 0 Å². The third kappa shape index (κ3) is 3.25. The lowest BCUT2D eigenvalue weighted by atomic mass is 10.2. The first-order valence-electron chi connectivity index (χ1n) is 5.34. The van der Waals surface area contributed by atoms with Crippen molar-refractivity contribution >= 4 is 27.6 Å². The molecule has 0 bridgehead atoms. The molecule has 1 heterocycles. The number of aromatic nitrogens is 1. The number of amides is 1. The quantitative estimate of drug-likeness (QED) is 0.683. The molecule has 2 aromatic rings. The third-order valence-electron chi connectivity index (χ3n) is 2.31. The molecule has 20 heavy (non-hydrogen) atoms. The van der Waals surface area contributed by atoms with Crippen molar-refractivity contribution in [3.8, 4) is 5.75 Å². The zero-order valence-corrected chi connectivity index (χ0v) is 11.6. The normalized spacial score (nSPS) is 11.1. The van der Waals surface area contributed by atoms with Gasteiger partial charge in [0.25, 0.3) is 0 Å². The van der Waals surface area contributed by atoms with Crippen molar-refractivity contribution in [3.05, 3.63) is 53.3 Å². The second-order valence-corrected chi connectivity index (χ2v) is 5.68. The highest BCUT2D eigenvalue weighted by Crippen LogP contribution is 2.20. The van der Waals surface area contributed by atoms with Crippen molar-refractivity contribution < 1.29 is 17.4 Å².